The second kappa shape index (κ2) is 8.51. The minimum absolute atomic E-state index is 0.651. The Morgan fingerprint density at radius 3 is 2.70 bits per heavy atom. The molecule has 0 radical (unpaired) electrons. The fourth-order valence-electron chi connectivity index (χ4n) is 3.31. The van der Waals surface area contributed by atoms with Gasteiger partial charge >= 0.3 is 0 Å². The summed E-state index contributed by atoms with van der Waals surface area (Å²) in [6, 6.07) is 8.31. The Labute approximate surface area is 144 Å². The third kappa shape index (κ3) is 4.58. The highest BCUT2D eigenvalue weighted by Crippen LogP contribution is 2.33. The summed E-state index contributed by atoms with van der Waals surface area (Å²) in [5, 5.41) is 4.94. The van der Waals surface area contributed by atoms with Gasteiger partial charge in [-0.3, -0.25) is 4.90 Å². The summed E-state index contributed by atoms with van der Waals surface area (Å²) >= 11 is 6.49. The van der Waals surface area contributed by atoms with E-state index in [2.05, 4.69) is 28.3 Å². The summed E-state index contributed by atoms with van der Waals surface area (Å²) in [5.41, 5.74) is 3.52. The number of hydrogen-bond acceptors (Lipinski definition) is 3. The summed E-state index contributed by atoms with van der Waals surface area (Å²) in [6.07, 6.45) is 9.08. The van der Waals surface area contributed by atoms with Crippen molar-refractivity contribution in [2.75, 3.05) is 26.2 Å². The van der Waals surface area contributed by atoms with E-state index in [9.17, 15) is 0 Å². The molecule has 1 saturated heterocycles. The first-order chi connectivity index (χ1) is 11.3. The molecule has 0 bridgehead atoms. The number of oxime groups is 1. The third-order valence-corrected chi connectivity index (χ3v) is 5.13. The van der Waals surface area contributed by atoms with Gasteiger partial charge in [-0.05, 0) is 55.5 Å². The average Bonchev–Trinajstić information content (AvgIpc) is 2.85. The first-order valence-corrected chi connectivity index (χ1v) is 9.07. The summed E-state index contributed by atoms with van der Waals surface area (Å²) in [6.45, 7) is 4.01. The maximum atomic E-state index is 6.49. The van der Waals surface area contributed by atoms with Crippen molar-refractivity contribution in [3.63, 3.8) is 0 Å². The lowest BCUT2D eigenvalue weighted by atomic mass is 9.92. The zero-order chi connectivity index (χ0) is 15.9. The van der Waals surface area contributed by atoms with Crippen LogP contribution in [0.2, 0.25) is 0 Å². The van der Waals surface area contributed by atoms with Gasteiger partial charge in [0, 0.05) is 6.54 Å². The van der Waals surface area contributed by atoms with Crippen LogP contribution in [0.25, 0.3) is 5.03 Å². The zero-order valence-electron chi connectivity index (χ0n) is 13.6. The predicted molar refractivity (Wildman–Crippen MR) is 96.9 cm³/mol. The van der Waals surface area contributed by atoms with Crippen LogP contribution in [0.5, 0.6) is 0 Å². The molecule has 1 aliphatic carbocycles. The summed E-state index contributed by atoms with van der Waals surface area (Å²) in [7, 11) is 0. The SMILES string of the molecule is ClC1=C(/C=N/OCCN2CCCCCC2)CCc2ccccc21. The number of halogens is 1. The highest BCUT2D eigenvalue weighted by atomic mass is 35.5. The van der Waals surface area contributed by atoms with Crippen molar-refractivity contribution in [2.45, 2.75) is 38.5 Å². The number of nitrogens with zero attached hydrogens (tertiary/aromatic N) is 2. The van der Waals surface area contributed by atoms with E-state index in [4.69, 9.17) is 16.4 Å². The standard InChI is InChI=1S/C19H25ClN2O/c20-19-17(10-9-16-7-3-4-8-18(16)19)15-21-23-14-13-22-11-5-1-2-6-12-22/h3-4,7-8,15H,1-2,5-6,9-14H2/b21-15+. The molecule has 1 aromatic carbocycles. The van der Waals surface area contributed by atoms with Crippen LogP contribution < -0.4 is 0 Å². The van der Waals surface area contributed by atoms with Crippen molar-refractivity contribution in [1.29, 1.82) is 0 Å². The van der Waals surface area contributed by atoms with E-state index in [1.807, 2.05) is 6.07 Å². The van der Waals surface area contributed by atoms with E-state index >= 15 is 0 Å². The lowest BCUT2D eigenvalue weighted by molar-refractivity contribution is 0.113. The second-order valence-electron chi connectivity index (χ2n) is 6.32. The minimum Gasteiger partial charge on any atom is -0.394 e. The Morgan fingerprint density at radius 2 is 1.87 bits per heavy atom. The second-order valence-corrected chi connectivity index (χ2v) is 6.70. The van der Waals surface area contributed by atoms with Gasteiger partial charge in [-0.15, -0.1) is 0 Å². The largest absolute Gasteiger partial charge is 0.394 e. The molecule has 0 saturated carbocycles. The van der Waals surface area contributed by atoms with Crippen molar-refractivity contribution < 1.29 is 4.84 Å². The van der Waals surface area contributed by atoms with Crippen molar-refractivity contribution in [3.05, 3.63) is 41.0 Å². The number of hydrogen-bond donors (Lipinski definition) is 0. The Hall–Kier alpha value is -1.32. The van der Waals surface area contributed by atoms with Gasteiger partial charge in [-0.25, -0.2) is 0 Å². The van der Waals surface area contributed by atoms with E-state index in [0.29, 0.717) is 6.61 Å². The molecule has 0 aromatic heterocycles. The van der Waals surface area contributed by atoms with E-state index in [1.54, 1.807) is 6.21 Å². The molecule has 4 heteroatoms. The van der Waals surface area contributed by atoms with Crippen LogP contribution in [0.3, 0.4) is 0 Å². The van der Waals surface area contributed by atoms with E-state index in [0.717, 1.165) is 35.6 Å². The third-order valence-electron chi connectivity index (χ3n) is 4.68. The Kier molecular flexibility index (Phi) is 6.12. The van der Waals surface area contributed by atoms with Crippen LogP contribution in [0.1, 0.15) is 43.2 Å². The fraction of sp³-hybridized carbons (Fsp3) is 0.526. The first kappa shape index (κ1) is 16.5. The maximum Gasteiger partial charge on any atom is 0.129 e. The van der Waals surface area contributed by atoms with Gasteiger partial charge in [0.15, 0.2) is 0 Å². The lowest BCUT2D eigenvalue weighted by Crippen LogP contribution is -2.28. The maximum absolute atomic E-state index is 6.49. The molecule has 0 N–H and O–H groups in total. The van der Waals surface area contributed by atoms with Crippen molar-refractivity contribution in [1.82, 2.24) is 4.90 Å². The van der Waals surface area contributed by atoms with Gasteiger partial charge in [0.05, 0.1) is 11.2 Å². The Balaban J connectivity index is 1.48. The van der Waals surface area contributed by atoms with Crippen LogP contribution in [0.4, 0.5) is 0 Å². The van der Waals surface area contributed by atoms with Gasteiger partial charge in [-0.1, -0.05) is 53.9 Å². The van der Waals surface area contributed by atoms with Crippen LogP contribution >= 0.6 is 11.6 Å². The molecule has 124 valence electrons. The van der Waals surface area contributed by atoms with Crippen LogP contribution in [0.15, 0.2) is 35.0 Å². The number of fused-ring (bicyclic) bond motifs is 1. The first-order valence-electron chi connectivity index (χ1n) is 8.69. The molecule has 1 aliphatic heterocycles. The Morgan fingerprint density at radius 1 is 1.09 bits per heavy atom. The van der Waals surface area contributed by atoms with Gasteiger partial charge in [0.1, 0.15) is 6.61 Å². The zero-order valence-corrected chi connectivity index (χ0v) is 14.4. The minimum atomic E-state index is 0.651. The smallest absolute Gasteiger partial charge is 0.129 e. The topological polar surface area (TPSA) is 24.8 Å². The molecule has 2 aliphatic rings. The molecule has 3 nitrogen and oxygen atoms in total. The molecule has 0 atom stereocenters. The number of benzene rings is 1. The summed E-state index contributed by atoms with van der Waals surface area (Å²) < 4.78 is 0. The van der Waals surface area contributed by atoms with Crippen LogP contribution in [-0.4, -0.2) is 37.4 Å². The molecule has 23 heavy (non-hydrogen) atoms. The molecular formula is C19H25ClN2O. The number of allylic oxidation sites excluding steroid dienone is 1. The highest BCUT2D eigenvalue weighted by Gasteiger charge is 2.15. The van der Waals surface area contributed by atoms with E-state index in [-0.39, 0.29) is 0 Å². The van der Waals surface area contributed by atoms with E-state index < -0.39 is 0 Å². The molecule has 1 aromatic rings. The van der Waals surface area contributed by atoms with Crippen LogP contribution in [-0.2, 0) is 11.3 Å². The fourth-order valence-corrected chi connectivity index (χ4v) is 3.64. The van der Waals surface area contributed by atoms with Crippen molar-refractivity contribution >= 4 is 22.8 Å². The van der Waals surface area contributed by atoms with Crippen LogP contribution in [0, 0.1) is 0 Å². The molecule has 0 spiro atoms. The van der Waals surface area contributed by atoms with Gasteiger partial charge < -0.3 is 4.84 Å². The van der Waals surface area contributed by atoms with E-state index in [1.165, 1.54) is 44.3 Å². The summed E-state index contributed by atoms with van der Waals surface area (Å²) in [4.78, 5) is 7.93. The monoisotopic (exact) mass is 332 g/mol. The van der Waals surface area contributed by atoms with Crippen molar-refractivity contribution in [3.8, 4) is 0 Å². The quantitative estimate of drug-likeness (QED) is 0.452. The van der Waals surface area contributed by atoms with Crippen molar-refractivity contribution in [2.24, 2.45) is 5.16 Å². The van der Waals surface area contributed by atoms with Gasteiger partial charge in [-0.2, -0.15) is 0 Å². The van der Waals surface area contributed by atoms with Gasteiger partial charge in [0.25, 0.3) is 0 Å². The van der Waals surface area contributed by atoms with Gasteiger partial charge in [0.2, 0.25) is 0 Å². The number of rotatable bonds is 5. The number of likely N-dealkylation sites (tertiary alicyclic amines) is 1. The highest BCUT2D eigenvalue weighted by molar-refractivity contribution is 6.50. The molecule has 0 unspecified atom stereocenters. The molecule has 1 heterocycles. The molecule has 0 amide bonds. The summed E-state index contributed by atoms with van der Waals surface area (Å²) in [5.74, 6) is 0. The molecular weight excluding hydrogens is 308 g/mol. The average molecular weight is 333 g/mol. The molecule has 3 rings (SSSR count). The molecule has 1 fully saturated rings. The lowest BCUT2D eigenvalue weighted by Gasteiger charge is -2.18. The number of aryl methyl sites for hydroxylation is 1. The Bertz CT molecular complexity index is 574. The normalized spacial score (nSPS) is 19.7. The predicted octanol–water partition coefficient (Wildman–Crippen LogP) is 4.46.